The van der Waals surface area contributed by atoms with Crippen molar-refractivity contribution in [2.75, 3.05) is 19.6 Å². The molecule has 1 aromatic carbocycles. The summed E-state index contributed by atoms with van der Waals surface area (Å²) in [6.07, 6.45) is 6.30. The summed E-state index contributed by atoms with van der Waals surface area (Å²) in [6.45, 7) is 5.46. The Bertz CT molecular complexity index is 775. The average molecular weight is 400 g/mol. The third kappa shape index (κ3) is 4.36. The number of carbonyl (C=O) groups is 2. The fourth-order valence-electron chi connectivity index (χ4n) is 4.98. The predicted octanol–water partition coefficient (Wildman–Crippen LogP) is 3.30. The van der Waals surface area contributed by atoms with Gasteiger partial charge in [0.25, 0.3) is 0 Å². The van der Waals surface area contributed by atoms with Gasteiger partial charge in [0.1, 0.15) is 5.82 Å². The van der Waals surface area contributed by atoms with Gasteiger partial charge in [0.05, 0.1) is 12.1 Å². The minimum Gasteiger partial charge on any atom is -0.349 e. The average Bonchev–Trinajstić information content (AvgIpc) is 3.29. The SMILES string of the molecule is C=NCC1(NC(=O)[C@@H]2CCCC[C@H]2C(=O)N2CCC(c3ccc(F)cc3)C2)CC1. The molecule has 1 saturated heterocycles. The van der Waals surface area contributed by atoms with Crippen LogP contribution in [0.15, 0.2) is 29.3 Å². The van der Waals surface area contributed by atoms with Crippen molar-refractivity contribution in [1.82, 2.24) is 10.2 Å². The highest BCUT2D eigenvalue weighted by Crippen LogP contribution is 2.39. The normalized spacial score (nSPS) is 28.0. The molecule has 0 spiro atoms. The van der Waals surface area contributed by atoms with Crippen molar-refractivity contribution in [2.24, 2.45) is 16.8 Å². The van der Waals surface area contributed by atoms with Gasteiger partial charge in [0.15, 0.2) is 0 Å². The van der Waals surface area contributed by atoms with Crippen molar-refractivity contribution in [1.29, 1.82) is 0 Å². The topological polar surface area (TPSA) is 61.8 Å². The smallest absolute Gasteiger partial charge is 0.226 e. The van der Waals surface area contributed by atoms with Gasteiger partial charge in [0.2, 0.25) is 11.8 Å². The molecule has 0 bridgehead atoms. The van der Waals surface area contributed by atoms with Crippen molar-refractivity contribution in [3.05, 3.63) is 35.6 Å². The second-order valence-electron chi connectivity index (χ2n) is 8.97. The summed E-state index contributed by atoms with van der Waals surface area (Å²) in [4.78, 5) is 32.2. The molecule has 3 fully saturated rings. The molecule has 6 heteroatoms. The number of benzene rings is 1. The van der Waals surface area contributed by atoms with Crippen LogP contribution in [0, 0.1) is 17.7 Å². The van der Waals surface area contributed by atoms with Gasteiger partial charge in [-0.3, -0.25) is 14.6 Å². The van der Waals surface area contributed by atoms with E-state index in [1.54, 1.807) is 0 Å². The molecule has 5 nitrogen and oxygen atoms in total. The molecule has 1 aliphatic heterocycles. The summed E-state index contributed by atoms with van der Waals surface area (Å²) in [7, 11) is 0. The fraction of sp³-hybridized carbons (Fsp3) is 0.609. The number of nitrogens with zero attached hydrogens (tertiary/aromatic N) is 2. The van der Waals surface area contributed by atoms with E-state index in [0.29, 0.717) is 19.6 Å². The van der Waals surface area contributed by atoms with Crippen LogP contribution in [0.4, 0.5) is 4.39 Å². The Hall–Kier alpha value is -2.24. The van der Waals surface area contributed by atoms with Gasteiger partial charge < -0.3 is 10.2 Å². The molecule has 1 N–H and O–H groups in total. The van der Waals surface area contributed by atoms with E-state index in [1.165, 1.54) is 12.1 Å². The van der Waals surface area contributed by atoms with Crippen LogP contribution in [0.5, 0.6) is 0 Å². The largest absolute Gasteiger partial charge is 0.349 e. The van der Waals surface area contributed by atoms with Crippen molar-refractivity contribution >= 4 is 18.5 Å². The summed E-state index contributed by atoms with van der Waals surface area (Å²) >= 11 is 0. The second kappa shape index (κ2) is 8.25. The van der Waals surface area contributed by atoms with Gasteiger partial charge in [-0.25, -0.2) is 4.39 Å². The maximum atomic E-state index is 13.3. The molecule has 3 atom stereocenters. The zero-order chi connectivity index (χ0) is 20.4. The van der Waals surface area contributed by atoms with Crippen LogP contribution in [0.3, 0.4) is 0 Å². The number of nitrogens with one attached hydrogen (secondary N) is 1. The highest BCUT2D eigenvalue weighted by atomic mass is 19.1. The van der Waals surface area contributed by atoms with E-state index in [0.717, 1.165) is 50.5 Å². The number of aliphatic imine (C=N–C) groups is 1. The summed E-state index contributed by atoms with van der Waals surface area (Å²) in [5.74, 6) is -0.356. The van der Waals surface area contributed by atoms with E-state index in [-0.39, 0.29) is 40.9 Å². The highest BCUT2D eigenvalue weighted by Gasteiger charge is 2.47. The van der Waals surface area contributed by atoms with E-state index < -0.39 is 0 Å². The molecule has 1 heterocycles. The first kappa shape index (κ1) is 20.0. The number of amides is 2. The lowest BCUT2D eigenvalue weighted by Gasteiger charge is -2.33. The molecule has 1 aromatic rings. The molecule has 2 aliphatic carbocycles. The van der Waals surface area contributed by atoms with Crippen molar-refractivity contribution in [2.45, 2.75) is 56.4 Å². The van der Waals surface area contributed by atoms with Gasteiger partial charge in [-0.1, -0.05) is 25.0 Å². The predicted molar refractivity (Wildman–Crippen MR) is 110 cm³/mol. The van der Waals surface area contributed by atoms with E-state index in [2.05, 4.69) is 17.0 Å². The fourth-order valence-corrected chi connectivity index (χ4v) is 4.98. The van der Waals surface area contributed by atoms with Crippen LogP contribution >= 0.6 is 0 Å². The minimum atomic E-state index is -0.247. The molecule has 0 radical (unpaired) electrons. The van der Waals surface area contributed by atoms with E-state index in [4.69, 9.17) is 0 Å². The first-order valence-electron chi connectivity index (χ1n) is 10.8. The van der Waals surface area contributed by atoms with Crippen LogP contribution in [0.25, 0.3) is 0 Å². The Morgan fingerprint density at radius 2 is 1.83 bits per heavy atom. The second-order valence-corrected chi connectivity index (χ2v) is 8.97. The summed E-state index contributed by atoms with van der Waals surface area (Å²) in [5.41, 5.74) is 0.859. The van der Waals surface area contributed by atoms with Gasteiger partial charge in [-0.2, -0.15) is 0 Å². The number of halogens is 1. The molecule has 0 aromatic heterocycles. The molecular weight excluding hydrogens is 369 g/mol. The monoisotopic (exact) mass is 399 g/mol. The highest BCUT2D eigenvalue weighted by molar-refractivity contribution is 5.88. The lowest BCUT2D eigenvalue weighted by atomic mass is 9.77. The Morgan fingerprint density at radius 1 is 1.14 bits per heavy atom. The molecule has 29 heavy (non-hydrogen) atoms. The number of rotatable bonds is 6. The first-order chi connectivity index (χ1) is 14.0. The zero-order valence-electron chi connectivity index (χ0n) is 16.9. The van der Waals surface area contributed by atoms with E-state index in [9.17, 15) is 14.0 Å². The number of hydrogen-bond acceptors (Lipinski definition) is 3. The zero-order valence-corrected chi connectivity index (χ0v) is 16.9. The summed E-state index contributed by atoms with van der Waals surface area (Å²) in [6, 6.07) is 6.58. The molecule has 1 unspecified atom stereocenters. The molecular formula is C23H30FN3O2. The molecule has 2 amide bonds. The molecule has 2 saturated carbocycles. The Kier molecular flexibility index (Phi) is 5.70. The molecule has 3 aliphatic rings. The van der Waals surface area contributed by atoms with E-state index >= 15 is 0 Å². The maximum absolute atomic E-state index is 13.3. The van der Waals surface area contributed by atoms with Gasteiger partial charge >= 0.3 is 0 Å². The van der Waals surface area contributed by atoms with E-state index in [1.807, 2.05) is 17.0 Å². The third-order valence-electron chi connectivity index (χ3n) is 6.92. The van der Waals surface area contributed by atoms with Crippen LogP contribution in [-0.2, 0) is 9.59 Å². The summed E-state index contributed by atoms with van der Waals surface area (Å²) in [5, 5.41) is 3.17. The van der Waals surface area contributed by atoms with Gasteiger partial charge in [-0.15, -0.1) is 0 Å². The van der Waals surface area contributed by atoms with Gasteiger partial charge in [0, 0.05) is 30.8 Å². The number of hydrogen-bond donors (Lipinski definition) is 1. The van der Waals surface area contributed by atoms with Crippen molar-refractivity contribution < 1.29 is 14.0 Å². The van der Waals surface area contributed by atoms with Crippen LogP contribution in [0.1, 0.15) is 56.4 Å². The van der Waals surface area contributed by atoms with Crippen LogP contribution in [-0.4, -0.2) is 48.6 Å². The number of likely N-dealkylation sites (tertiary alicyclic amines) is 1. The standard InChI is InChI=1S/C23H30FN3O2/c1-25-15-23(11-12-23)26-21(28)19-4-2-3-5-20(19)22(29)27-13-10-17(14-27)16-6-8-18(24)9-7-16/h6-9,17,19-20H,1-5,10-15H2,(H,26,28)/t17?,19-,20-/m1/s1. The molecule has 4 rings (SSSR count). The third-order valence-corrected chi connectivity index (χ3v) is 6.92. The quantitative estimate of drug-likeness (QED) is 0.746. The minimum absolute atomic E-state index is 0.0125. The van der Waals surface area contributed by atoms with Crippen LogP contribution in [0.2, 0.25) is 0 Å². The lowest BCUT2D eigenvalue weighted by molar-refractivity contribution is -0.143. The van der Waals surface area contributed by atoms with Crippen molar-refractivity contribution in [3.63, 3.8) is 0 Å². The Balaban J connectivity index is 1.40. The molecule has 156 valence electrons. The Morgan fingerprint density at radius 3 is 2.48 bits per heavy atom. The maximum Gasteiger partial charge on any atom is 0.226 e. The number of carbonyl (C=O) groups excluding carboxylic acids is 2. The van der Waals surface area contributed by atoms with Crippen LogP contribution < -0.4 is 5.32 Å². The summed E-state index contributed by atoms with van der Waals surface area (Å²) < 4.78 is 13.2. The van der Waals surface area contributed by atoms with Gasteiger partial charge in [-0.05, 0) is 56.5 Å². The Labute approximate surface area is 171 Å². The first-order valence-corrected chi connectivity index (χ1v) is 10.8. The lowest BCUT2D eigenvalue weighted by Crippen LogP contribution is -2.48. The van der Waals surface area contributed by atoms with Crippen molar-refractivity contribution in [3.8, 4) is 0 Å².